The average molecular weight is 1430 g/mol. The van der Waals surface area contributed by atoms with Crippen LogP contribution in [0.15, 0.2) is 116 Å². The first kappa shape index (κ1) is 74.8. The molecule has 6 heterocycles. The van der Waals surface area contributed by atoms with Crippen LogP contribution in [0.2, 0.25) is 0 Å². The predicted molar refractivity (Wildman–Crippen MR) is 381 cm³/mol. The molecule has 0 spiro atoms. The molecule has 6 amide bonds. The summed E-state index contributed by atoms with van der Waals surface area (Å²) in [4.78, 5) is 99.6. The molecular weight excluding hydrogens is 1340 g/mol. The Morgan fingerprint density at radius 1 is 0.606 bits per heavy atom. The number of rotatable bonds is 24. The van der Waals surface area contributed by atoms with Crippen molar-refractivity contribution >= 4 is 58.6 Å². The van der Waals surface area contributed by atoms with Crippen LogP contribution in [0.25, 0.3) is 33.5 Å². The third-order valence-electron chi connectivity index (χ3n) is 18.9. The molecule has 104 heavy (non-hydrogen) atoms. The number of aliphatic hydroxyl groups excluding tert-OH is 1. The van der Waals surface area contributed by atoms with Gasteiger partial charge in [-0.2, -0.15) is 0 Å². The molecule has 7 aromatic rings. The molecule has 3 aromatic heterocycles. The molecule has 3 aliphatic carbocycles. The van der Waals surface area contributed by atoms with Gasteiger partial charge in [0.15, 0.2) is 12.3 Å². The van der Waals surface area contributed by atoms with Gasteiger partial charge in [0.25, 0.3) is 5.91 Å². The van der Waals surface area contributed by atoms with E-state index in [0.29, 0.717) is 103 Å². The van der Waals surface area contributed by atoms with Crippen LogP contribution in [0.5, 0.6) is 17.2 Å². The van der Waals surface area contributed by atoms with Crippen molar-refractivity contribution in [2.75, 3.05) is 68.5 Å². The molecule has 8 atom stereocenters. The molecule has 3 saturated heterocycles. The van der Waals surface area contributed by atoms with Crippen LogP contribution in [-0.2, 0) is 53.1 Å². The summed E-state index contributed by atoms with van der Waals surface area (Å²) in [6.07, 6.45) is 5.29. The molecular formula is C75H88F2N14O13. The van der Waals surface area contributed by atoms with Gasteiger partial charge in [-0.05, 0) is 140 Å². The van der Waals surface area contributed by atoms with Crippen molar-refractivity contribution in [3.63, 3.8) is 0 Å². The van der Waals surface area contributed by atoms with Gasteiger partial charge in [-0.15, -0.1) is 5.10 Å². The number of carbonyl (C=O) groups is 7. The molecule has 550 valence electrons. The quantitative estimate of drug-likeness (QED) is 0.0284. The number of hydrogen-bond donors (Lipinski definition) is 10. The van der Waals surface area contributed by atoms with Crippen molar-refractivity contribution in [1.82, 2.24) is 40.3 Å². The van der Waals surface area contributed by atoms with Crippen molar-refractivity contribution in [2.45, 2.75) is 122 Å². The number of carboxylic acids is 1. The van der Waals surface area contributed by atoms with Crippen molar-refractivity contribution < 1.29 is 71.5 Å². The highest BCUT2D eigenvalue weighted by Crippen LogP contribution is 2.42. The predicted octanol–water partition coefficient (Wildman–Crippen LogP) is 7.26. The molecule has 0 bridgehead atoms. The Balaban J connectivity index is 0.000000156. The van der Waals surface area contributed by atoms with Gasteiger partial charge in [0.2, 0.25) is 35.4 Å². The number of alkyl halides is 2. The van der Waals surface area contributed by atoms with Crippen molar-refractivity contribution in [3.05, 3.63) is 144 Å². The number of likely N-dealkylation sites (tertiary alicyclic amines) is 2. The third-order valence-corrected chi connectivity index (χ3v) is 18.9. The first-order valence-electron chi connectivity index (χ1n) is 35.2. The van der Waals surface area contributed by atoms with Gasteiger partial charge in [0.05, 0.1) is 55.7 Å². The van der Waals surface area contributed by atoms with E-state index in [1.165, 1.54) is 9.80 Å². The first-order chi connectivity index (χ1) is 50.3. The number of aromatic amines is 1. The zero-order valence-corrected chi connectivity index (χ0v) is 57.9. The number of pyridine rings is 2. The van der Waals surface area contributed by atoms with Gasteiger partial charge in [-0.3, -0.25) is 43.6 Å². The molecule has 4 aromatic carbocycles. The Morgan fingerprint density at radius 2 is 1.15 bits per heavy atom. The van der Waals surface area contributed by atoms with Gasteiger partial charge in [-0.1, -0.05) is 31.2 Å². The van der Waals surface area contributed by atoms with E-state index in [0.717, 1.165) is 84.4 Å². The number of halogens is 2. The lowest BCUT2D eigenvalue weighted by molar-refractivity contribution is -0.140. The Morgan fingerprint density at radius 3 is 1.75 bits per heavy atom. The highest BCUT2D eigenvalue weighted by atomic mass is 19.1. The van der Waals surface area contributed by atoms with Crippen LogP contribution >= 0.6 is 0 Å². The number of nitrogens with zero attached hydrogens (tertiary/aromatic N) is 6. The number of carbonyl (C=O) groups excluding carboxylic acids is 6. The largest absolute Gasteiger partial charge is 0.490 e. The van der Waals surface area contributed by atoms with E-state index in [-0.39, 0.29) is 79.5 Å². The van der Waals surface area contributed by atoms with Gasteiger partial charge < -0.3 is 77.4 Å². The maximum absolute atomic E-state index is 15.0. The SMILES string of the molecule is CCCNC(=O)[C@@H]1C[C@H]1C(=O)Nc1cc(-c2ccc(OC3CCOCC3)c(CN)c2)ccn1.Cc1nc(C(=O)N2CC[C@H](Oc3ccc(-c4cc(NC(=O)C5CC5)ccn4)cc3CN)[C@H](F)C2)n[nH]1.NCc1cc(-c2cccc(NC(=O)[C@@H]3C[C@@H]3C(=O)O)c2)ccc1O[C@H]1CCN(C(=O)CO)C[C@H]1F. The second-order valence-electron chi connectivity index (χ2n) is 26.6. The number of aliphatic carboxylic acids is 1. The van der Waals surface area contributed by atoms with Crippen LogP contribution in [0, 0.1) is 36.5 Å². The minimum Gasteiger partial charge on any atom is -0.490 e. The van der Waals surface area contributed by atoms with E-state index in [9.17, 15) is 38.0 Å². The Hall–Kier alpha value is -10.3. The normalized spacial score (nSPS) is 21.1. The number of aromatic nitrogens is 5. The molecule has 29 heteroatoms. The standard InChI is InChI=1S/C25H28FN7O3.C25H28FN3O6.C25H32N4O4/c1-14-29-23(32-31-14)25(35)33-9-7-22(19(26)13-33)36-21-5-4-16(10-17(21)12-27)20-11-18(6-8-28-20)30-24(34)15-2-3-15;26-20-12-29(23(31)13-30)7-6-22(20)35-21-5-4-15(8-16(21)11-27)14-2-1-3-17(9-14)28-24(32)18-10-19(18)25(33)34;1-2-8-28-24(30)20-14-21(20)25(31)29-23-13-17(5-9-27-23)16-3-4-22(18(12-16)15-26)33-19-6-10-32-11-7-19/h4-6,8,10-11,15,19,22H,2-3,7,9,12-13,27H2,1H3,(H,28,30,34)(H,29,31,32);1-5,8-9,18-20,22,30H,6-7,10-13,27H2,(H,28,32)(H,33,34);3-5,9,12-13,19-21H,2,6-8,10-11,14-15,26H2,1H3,(H,28,30)(H,27,29,31)/t19-,22+;18-,19+,20-,22+;20-,21-/m111/s1. The van der Waals surface area contributed by atoms with Crippen molar-refractivity contribution in [1.29, 1.82) is 0 Å². The van der Waals surface area contributed by atoms with E-state index < -0.39 is 60.8 Å². The minimum atomic E-state index is -1.39. The van der Waals surface area contributed by atoms with E-state index in [2.05, 4.69) is 46.4 Å². The monoisotopic (exact) mass is 1430 g/mol. The highest BCUT2D eigenvalue weighted by molar-refractivity contribution is 6.00. The third kappa shape index (κ3) is 19.5. The topological polar surface area (TPSA) is 397 Å². The van der Waals surface area contributed by atoms with Gasteiger partial charge in [0, 0.05) is 117 Å². The summed E-state index contributed by atoms with van der Waals surface area (Å²) in [5.41, 5.74) is 26.5. The van der Waals surface area contributed by atoms with E-state index in [1.807, 2.05) is 73.7 Å². The number of aliphatic hydroxyl groups is 1. The minimum absolute atomic E-state index is 0.0304. The Labute approximate surface area is 599 Å². The fraction of sp³-hybridized carbons (Fsp3) is 0.427. The molecule has 13 rings (SSSR count). The van der Waals surface area contributed by atoms with E-state index in [4.69, 9.17) is 46.4 Å². The number of amides is 6. The number of carboxylic acid groups (broad SMARTS) is 1. The zero-order chi connectivity index (χ0) is 73.6. The van der Waals surface area contributed by atoms with Crippen molar-refractivity contribution in [3.8, 4) is 50.8 Å². The summed E-state index contributed by atoms with van der Waals surface area (Å²) >= 11 is 0. The average Bonchev–Trinajstić information content (AvgIpc) is 1.62. The maximum atomic E-state index is 15.0. The zero-order valence-electron chi connectivity index (χ0n) is 57.9. The molecule has 6 fully saturated rings. The van der Waals surface area contributed by atoms with Crippen LogP contribution in [0.1, 0.15) is 97.8 Å². The lowest BCUT2D eigenvalue weighted by Gasteiger charge is -2.34. The first-order valence-corrected chi connectivity index (χ1v) is 35.2. The van der Waals surface area contributed by atoms with Crippen LogP contribution in [0.3, 0.4) is 0 Å². The summed E-state index contributed by atoms with van der Waals surface area (Å²) in [5.74, 6) is -1.14. The molecule has 0 unspecified atom stereocenters. The van der Waals surface area contributed by atoms with Crippen molar-refractivity contribution in [2.24, 2.45) is 46.8 Å². The summed E-state index contributed by atoms with van der Waals surface area (Å²) < 4.78 is 53.2. The highest BCUT2D eigenvalue weighted by Gasteiger charge is 2.49. The van der Waals surface area contributed by atoms with Crippen LogP contribution in [-0.4, -0.2) is 170 Å². The Bertz CT molecular complexity index is 4230. The summed E-state index contributed by atoms with van der Waals surface area (Å²) in [6.45, 7) is 6.24. The number of nitrogens with one attached hydrogen (secondary N) is 5. The number of hydrogen-bond acceptors (Lipinski definition) is 19. The maximum Gasteiger partial charge on any atom is 0.307 e. The number of anilines is 3. The fourth-order valence-corrected chi connectivity index (χ4v) is 12.6. The lowest BCUT2D eigenvalue weighted by Crippen LogP contribution is -2.50. The number of piperidine rings is 2. The summed E-state index contributed by atoms with van der Waals surface area (Å²) in [6, 6.07) is 31.3. The molecule has 3 aliphatic heterocycles. The lowest BCUT2D eigenvalue weighted by atomic mass is 10.0. The number of H-pyrrole nitrogens is 1. The summed E-state index contributed by atoms with van der Waals surface area (Å²) in [7, 11) is 0. The number of ether oxygens (including phenoxy) is 4. The van der Waals surface area contributed by atoms with Gasteiger partial charge >= 0.3 is 5.97 Å². The summed E-state index contributed by atoms with van der Waals surface area (Å²) in [5, 5.41) is 35.9. The smallest absolute Gasteiger partial charge is 0.307 e. The fourth-order valence-electron chi connectivity index (χ4n) is 12.6. The Kier molecular flexibility index (Phi) is 25.0. The molecule has 27 nitrogen and oxygen atoms in total. The second-order valence-corrected chi connectivity index (χ2v) is 26.6. The molecule has 3 saturated carbocycles. The van der Waals surface area contributed by atoms with E-state index >= 15 is 4.39 Å². The number of nitrogens with two attached hydrogens (primary N) is 3. The van der Waals surface area contributed by atoms with Gasteiger partial charge in [0.1, 0.15) is 53.8 Å². The molecule has 0 radical (unpaired) electrons. The number of benzene rings is 4. The number of aryl methyl sites for hydroxylation is 1. The van der Waals surface area contributed by atoms with E-state index in [1.54, 1.807) is 55.7 Å². The van der Waals surface area contributed by atoms with Gasteiger partial charge in [-0.25, -0.2) is 18.7 Å². The molecule has 13 N–H and O–H groups in total. The van der Waals surface area contributed by atoms with Crippen LogP contribution in [0.4, 0.5) is 26.0 Å². The second kappa shape index (κ2) is 34.8. The molecule has 6 aliphatic rings. The van der Waals surface area contributed by atoms with Crippen LogP contribution < -0.4 is 52.7 Å².